The van der Waals surface area contributed by atoms with E-state index in [0.29, 0.717) is 5.78 Å². The highest BCUT2D eigenvalue weighted by Crippen LogP contribution is 2.31. The second kappa shape index (κ2) is 7.45. The first kappa shape index (κ1) is 17.5. The molecule has 0 saturated heterocycles. The summed E-state index contributed by atoms with van der Waals surface area (Å²) >= 11 is 0. The molecule has 1 aliphatic rings. The molecule has 1 fully saturated rings. The number of Topliss-reactive ketones (excluding diaryl/α,β-unsaturated/α-hetero) is 1. The maximum atomic E-state index is 12.7. The molecule has 2 heteroatoms. The van der Waals surface area contributed by atoms with Gasteiger partial charge in [0.05, 0.1) is 5.41 Å². The molecule has 20 heavy (non-hydrogen) atoms. The third kappa shape index (κ3) is 4.22. The van der Waals surface area contributed by atoms with Crippen LogP contribution < -0.4 is 0 Å². The number of carbonyl (C=O) groups excluding carboxylic acids is 1. The summed E-state index contributed by atoms with van der Waals surface area (Å²) in [7, 11) is -1.44. The van der Waals surface area contributed by atoms with Crippen LogP contribution in [0.5, 0.6) is 0 Å². The molecule has 1 saturated carbocycles. The van der Waals surface area contributed by atoms with Crippen molar-refractivity contribution in [2.24, 2.45) is 11.3 Å². The van der Waals surface area contributed by atoms with Gasteiger partial charge in [0.1, 0.15) is 8.07 Å². The van der Waals surface area contributed by atoms with Gasteiger partial charge in [-0.1, -0.05) is 46.0 Å². The average Bonchev–Trinajstić information content (AvgIpc) is 2.49. The fraction of sp³-hybridized carbons (Fsp3) is 0.833. The van der Waals surface area contributed by atoms with Crippen LogP contribution in [0.25, 0.3) is 0 Å². The summed E-state index contributed by atoms with van der Waals surface area (Å²) in [5, 5.41) is 0. The number of carbonyl (C=O) groups is 1. The third-order valence-electron chi connectivity index (χ3n) is 5.26. The molecule has 0 atom stereocenters. The molecule has 0 aromatic heterocycles. The Hall–Kier alpha value is -0.553. The van der Waals surface area contributed by atoms with Gasteiger partial charge < -0.3 is 0 Å². The summed E-state index contributed by atoms with van der Waals surface area (Å²) < 4.78 is 0. The van der Waals surface area contributed by atoms with Gasteiger partial charge in [0.15, 0.2) is 5.78 Å². The molecule has 0 spiro atoms. The highest BCUT2D eigenvalue weighted by atomic mass is 28.3. The molecule has 0 aromatic rings. The van der Waals surface area contributed by atoms with Gasteiger partial charge >= 0.3 is 0 Å². The van der Waals surface area contributed by atoms with E-state index >= 15 is 0 Å². The molecule has 0 unspecified atom stereocenters. The van der Waals surface area contributed by atoms with Crippen molar-refractivity contribution in [2.75, 3.05) is 0 Å². The van der Waals surface area contributed by atoms with Crippen LogP contribution in [0, 0.1) is 22.8 Å². The van der Waals surface area contributed by atoms with Gasteiger partial charge in [0, 0.05) is 5.92 Å². The maximum Gasteiger partial charge on any atom is 0.153 e. The maximum absolute atomic E-state index is 12.7. The van der Waals surface area contributed by atoms with E-state index in [1.54, 1.807) is 0 Å². The zero-order chi connectivity index (χ0) is 15.2. The van der Waals surface area contributed by atoms with E-state index in [9.17, 15) is 4.79 Å². The van der Waals surface area contributed by atoms with Crippen molar-refractivity contribution in [1.82, 2.24) is 0 Å². The van der Waals surface area contributed by atoms with E-state index in [2.05, 4.69) is 32.2 Å². The molecule has 0 N–H and O–H groups in total. The second-order valence-corrected chi connectivity index (χ2v) is 11.8. The van der Waals surface area contributed by atoms with Crippen LogP contribution in [0.1, 0.15) is 66.7 Å². The highest BCUT2D eigenvalue weighted by molar-refractivity contribution is 6.87. The van der Waals surface area contributed by atoms with Gasteiger partial charge in [0.25, 0.3) is 0 Å². The standard InChI is InChI=1S/C18H32OSi/c1-6-20(7-2,8-3)15-14-18(4,5)17(19)16-12-10-9-11-13-16/h16H,6-13H2,1-5H3. The van der Waals surface area contributed by atoms with Gasteiger partial charge in [-0.2, -0.15) is 0 Å². The lowest BCUT2D eigenvalue weighted by atomic mass is 9.76. The van der Waals surface area contributed by atoms with Crippen molar-refractivity contribution in [2.45, 2.75) is 84.9 Å². The van der Waals surface area contributed by atoms with E-state index in [1.807, 2.05) is 13.8 Å². The largest absolute Gasteiger partial charge is 0.298 e. The molecule has 0 aromatic carbocycles. The van der Waals surface area contributed by atoms with Crippen LogP contribution in [-0.4, -0.2) is 13.9 Å². The van der Waals surface area contributed by atoms with Gasteiger partial charge in [-0.05, 0) is 44.8 Å². The Morgan fingerprint density at radius 2 is 1.55 bits per heavy atom. The fourth-order valence-electron chi connectivity index (χ4n) is 3.24. The normalized spacial score (nSPS) is 17.4. The first-order valence-corrected chi connectivity index (χ1v) is 11.1. The summed E-state index contributed by atoms with van der Waals surface area (Å²) in [6, 6.07) is 3.63. The van der Waals surface area contributed by atoms with Crippen molar-refractivity contribution in [3.05, 3.63) is 0 Å². The Balaban J connectivity index is 2.85. The average molecular weight is 293 g/mol. The Morgan fingerprint density at radius 1 is 1.05 bits per heavy atom. The van der Waals surface area contributed by atoms with Crippen LogP contribution in [0.15, 0.2) is 0 Å². The molecular weight excluding hydrogens is 260 g/mol. The Labute approximate surface area is 126 Å². The topological polar surface area (TPSA) is 17.1 Å². The van der Waals surface area contributed by atoms with E-state index in [-0.39, 0.29) is 5.92 Å². The van der Waals surface area contributed by atoms with Crippen LogP contribution >= 0.6 is 0 Å². The molecule has 0 radical (unpaired) electrons. The predicted octanol–water partition coefficient (Wildman–Crippen LogP) is 5.21. The lowest BCUT2D eigenvalue weighted by Crippen LogP contribution is -2.34. The lowest BCUT2D eigenvalue weighted by Gasteiger charge is -2.28. The molecular formula is C18H32OSi. The van der Waals surface area contributed by atoms with Crippen molar-refractivity contribution >= 4 is 13.9 Å². The van der Waals surface area contributed by atoms with Gasteiger partial charge in [0.2, 0.25) is 0 Å². The molecule has 1 rings (SSSR count). The van der Waals surface area contributed by atoms with Crippen molar-refractivity contribution in [3.63, 3.8) is 0 Å². The van der Waals surface area contributed by atoms with E-state index in [4.69, 9.17) is 0 Å². The zero-order valence-corrected chi connectivity index (χ0v) is 15.1. The molecule has 0 aliphatic heterocycles. The van der Waals surface area contributed by atoms with Crippen molar-refractivity contribution in [1.29, 1.82) is 0 Å². The smallest absolute Gasteiger partial charge is 0.153 e. The summed E-state index contributed by atoms with van der Waals surface area (Å²) in [6.45, 7) is 10.9. The van der Waals surface area contributed by atoms with Crippen LogP contribution in [0.3, 0.4) is 0 Å². The molecule has 114 valence electrons. The monoisotopic (exact) mass is 292 g/mol. The van der Waals surface area contributed by atoms with E-state index < -0.39 is 13.5 Å². The SMILES string of the molecule is CC[Si](C#CC(C)(C)C(=O)C1CCCCC1)(CC)CC. The number of rotatable bonds is 5. The third-order valence-corrected chi connectivity index (χ3v) is 9.98. The van der Waals surface area contributed by atoms with Crippen LogP contribution in [-0.2, 0) is 4.79 Å². The van der Waals surface area contributed by atoms with Gasteiger partial charge in [-0.15, -0.1) is 5.54 Å². The summed E-state index contributed by atoms with van der Waals surface area (Å²) in [6.07, 6.45) is 5.91. The van der Waals surface area contributed by atoms with Crippen molar-refractivity contribution < 1.29 is 4.79 Å². The summed E-state index contributed by atoms with van der Waals surface area (Å²) in [4.78, 5) is 12.7. The lowest BCUT2D eigenvalue weighted by molar-refractivity contribution is -0.129. The second-order valence-electron chi connectivity index (χ2n) is 6.92. The predicted molar refractivity (Wildman–Crippen MR) is 90.3 cm³/mol. The Kier molecular flexibility index (Phi) is 6.52. The van der Waals surface area contributed by atoms with Crippen molar-refractivity contribution in [3.8, 4) is 11.5 Å². The quantitative estimate of drug-likeness (QED) is 0.502. The van der Waals surface area contributed by atoms with Gasteiger partial charge in [-0.3, -0.25) is 4.79 Å². The van der Waals surface area contributed by atoms with Crippen LogP contribution in [0.4, 0.5) is 0 Å². The molecule has 0 amide bonds. The molecule has 1 aliphatic carbocycles. The highest BCUT2D eigenvalue weighted by Gasteiger charge is 2.33. The molecule has 0 heterocycles. The van der Waals surface area contributed by atoms with Gasteiger partial charge in [-0.25, -0.2) is 0 Å². The first-order valence-electron chi connectivity index (χ1n) is 8.49. The minimum Gasteiger partial charge on any atom is -0.298 e. The molecule has 1 nitrogen and oxygen atoms in total. The number of hydrogen-bond donors (Lipinski definition) is 0. The summed E-state index contributed by atoms with van der Waals surface area (Å²) in [5.74, 6) is 4.08. The zero-order valence-electron chi connectivity index (χ0n) is 14.1. The van der Waals surface area contributed by atoms with E-state index in [0.717, 1.165) is 12.8 Å². The minimum atomic E-state index is -1.44. The Bertz CT molecular complexity index is 368. The fourth-order valence-corrected chi connectivity index (χ4v) is 5.85. The number of ketones is 1. The molecule has 0 bridgehead atoms. The number of hydrogen-bond acceptors (Lipinski definition) is 1. The first-order chi connectivity index (χ1) is 9.40. The van der Waals surface area contributed by atoms with E-state index in [1.165, 1.54) is 37.4 Å². The summed E-state index contributed by atoms with van der Waals surface area (Å²) in [5.41, 5.74) is 3.17. The van der Waals surface area contributed by atoms with Crippen LogP contribution in [0.2, 0.25) is 18.1 Å². The Morgan fingerprint density at radius 3 is 2.00 bits per heavy atom. The minimum absolute atomic E-state index is 0.272.